The SMILES string of the molecule is CC[S+]([O-])c1ccc(O)c(C)n1. The molecule has 66 valence electrons. The molecular formula is C8H11NO2S. The Morgan fingerprint density at radius 3 is 2.75 bits per heavy atom. The lowest BCUT2D eigenvalue weighted by Gasteiger charge is -2.06. The van der Waals surface area contributed by atoms with E-state index in [0.29, 0.717) is 16.5 Å². The van der Waals surface area contributed by atoms with Crippen LogP contribution in [0, 0.1) is 6.92 Å². The highest BCUT2D eigenvalue weighted by atomic mass is 32.2. The molecule has 1 aromatic rings. The molecule has 1 atom stereocenters. The third-order valence-corrected chi connectivity index (χ3v) is 2.75. The zero-order chi connectivity index (χ0) is 9.14. The molecule has 4 heteroatoms. The quantitative estimate of drug-likeness (QED) is 0.705. The van der Waals surface area contributed by atoms with Crippen LogP contribution in [0.4, 0.5) is 0 Å². The van der Waals surface area contributed by atoms with Gasteiger partial charge >= 0.3 is 0 Å². The number of aromatic nitrogens is 1. The molecule has 1 N–H and O–H groups in total. The second-order valence-electron chi connectivity index (χ2n) is 2.39. The van der Waals surface area contributed by atoms with Gasteiger partial charge in [-0.25, -0.2) is 4.98 Å². The van der Waals surface area contributed by atoms with Crippen molar-refractivity contribution in [2.75, 3.05) is 5.75 Å². The molecule has 0 saturated heterocycles. The number of hydrogen-bond donors (Lipinski definition) is 1. The summed E-state index contributed by atoms with van der Waals surface area (Å²) in [6, 6.07) is 3.10. The van der Waals surface area contributed by atoms with Crippen LogP contribution in [0.1, 0.15) is 12.6 Å². The highest BCUT2D eigenvalue weighted by Crippen LogP contribution is 2.16. The Morgan fingerprint density at radius 1 is 1.58 bits per heavy atom. The van der Waals surface area contributed by atoms with E-state index in [9.17, 15) is 4.55 Å². The van der Waals surface area contributed by atoms with Crippen LogP contribution in [0.15, 0.2) is 17.2 Å². The average Bonchev–Trinajstić information content (AvgIpc) is 2.08. The fourth-order valence-electron chi connectivity index (χ4n) is 0.805. The first-order valence-corrected chi connectivity index (χ1v) is 5.02. The van der Waals surface area contributed by atoms with Crippen molar-refractivity contribution in [2.24, 2.45) is 0 Å². The minimum atomic E-state index is -1.03. The maximum Gasteiger partial charge on any atom is 0.244 e. The topological polar surface area (TPSA) is 56.2 Å². The summed E-state index contributed by atoms with van der Waals surface area (Å²) in [6.07, 6.45) is 0. The smallest absolute Gasteiger partial charge is 0.244 e. The van der Waals surface area contributed by atoms with Crippen molar-refractivity contribution in [2.45, 2.75) is 18.9 Å². The predicted octanol–water partition coefficient (Wildman–Crippen LogP) is 1.22. The Morgan fingerprint density at radius 2 is 2.25 bits per heavy atom. The van der Waals surface area contributed by atoms with E-state index in [2.05, 4.69) is 4.98 Å². The van der Waals surface area contributed by atoms with E-state index in [1.807, 2.05) is 6.92 Å². The summed E-state index contributed by atoms with van der Waals surface area (Å²) >= 11 is -1.03. The van der Waals surface area contributed by atoms with Crippen molar-refractivity contribution in [3.05, 3.63) is 17.8 Å². The van der Waals surface area contributed by atoms with Crippen LogP contribution in [0.5, 0.6) is 5.75 Å². The van der Waals surface area contributed by atoms with Gasteiger partial charge in [0.15, 0.2) is 0 Å². The van der Waals surface area contributed by atoms with Crippen LogP contribution < -0.4 is 0 Å². The summed E-state index contributed by atoms with van der Waals surface area (Å²) in [7, 11) is 0. The molecular weight excluding hydrogens is 174 g/mol. The summed E-state index contributed by atoms with van der Waals surface area (Å²) in [5.74, 6) is 0.698. The molecule has 0 aliphatic carbocycles. The first kappa shape index (κ1) is 9.35. The largest absolute Gasteiger partial charge is 0.610 e. The van der Waals surface area contributed by atoms with Crippen LogP contribution in [0.2, 0.25) is 0 Å². The lowest BCUT2D eigenvalue weighted by Crippen LogP contribution is -2.06. The van der Waals surface area contributed by atoms with Crippen molar-refractivity contribution in [1.82, 2.24) is 4.98 Å². The van der Waals surface area contributed by atoms with E-state index in [-0.39, 0.29) is 5.75 Å². The van der Waals surface area contributed by atoms with Crippen LogP contribution in [-0.4, -0.2) is 20.4 Å². The summed E-state index contributed by atoms with van der Waals surface area (Å²) < 4.78 is 11.2. The molecule has 0 aliphatic heterocycles. The number of aryl methyl sites for hydroxylation is 1. The van der Waals surface area contributed by atoms with Crippen LogP contribution in [0.3, 0.4) is 0 Å². The number of aromatic hydroxyl groups is 1. The van der Waals surface area contributed by atoms with Crippen molar-refractivity contribution in [3.8, 4) is 5.75 Å². The first-order chi connectivity index (χ1) is 5.65. The standard InChI is InChI=1S/C8H11NO2S/c1-3-12(11)8-5-4-7(10)6(2)9-8/h4-5,10H,3H2,1-2H3. The second-order valence-corrected chi connectivity index (χ2v) is 4.07. The molecule has 0 aromatic carbocycles. The Labute approximate surface area is 74.6 Å². The van der Waals surface area contributed by atoms with Gasteiger partial charge in [0.05, 0.1) is 5.69 Å². The van der Waals surface area contributed by atoms with E-state index in [1.165, 1.54) is 6.07 Å². The molecule has 0 radical (unpaired) electrons. The maximum absolute atomic E-state index is 11.2. The average molecular weight is 185 g/mol. The fourth-order valence-corrected chi connectivity index (χ4v) is 1.56. The van der Waals surface area contributed by atoms with E-state index in [0.717, 1.165) is 0 Å². The molecule has 0 fully saturated rings. The van der Waals surface area contributed by atoms with E-state index < -0.39 is 11.2 Å². The van der Waals surface area contributed by atoms with Gasteiger partial charge in [0.1, 0.15) is 11.5 Å². The lowest BCUT2D eigenvalue weighted by molar-refractivity contribution is 0.466. The van der Waals surface area contributed by atoms with Crippen LogP contribution in [-0.2, 0) is 11.2 Å². The van der Waals surface area contributed by atoms with Gasteiger partial charge in [-0.05, 0) is 19.9 Å². The molecule has 0 spiro atoms. The summed E-state index contributed by atoms with van der Waals surface area (Å²) in [5, 5.41) is 9.67. The number of hydrogen-bond acceptors (Lipinski definition) is 3. The van der Waals surface area contributed by atoms with Gasteiger partial charge in [-0.1, -0.05) is 0 Å². The molecule has 1 unspecified atom stereocenters. The minimum absolute atomic E-state index is 0.145. The van der Waals surface area contributed by atoms with Gasteiger partial charge in [0.2, 0.25) is 5.03 Å². The molecule has 0 amide bonds. The first-order valence-electron chi connectivity index (χ1n) is 3.70. The Bertz CT molecular complexity index is 278. The molecule has 0 saturated carbocycles. The van der Waals surface area contributed by atoms with Gasteiger partial charge in [-0.2, -0.15) is 0 Å². The zero-order valence-corrected chi connectivity index (χ0v) is 7.89. The van der Waals surface area contributed by atoms with Gasteiger partial charge in [0.25, 0.3) is 0 Å². The molecule has 1 rings (SSSR count). The van der Waals surface area contributed by atoms with Crippen molar-refractivity contribution < 1.29 is 9.66 Å². The van der Waals surface area contributed by atoms with Crippen LogP contribution >= 0.6 is 0 Å². The monoisotopic (exact) mass is 185 g/mol. The van der Waals surface area contributed by atoms with Gasteiger partial charge < -0.3 is 9.66 Å². The third-order valence-electron chi connectivity index (χ3n) is 1.53. The van der Waals surface area contributed by atoms with E-state index in [4.69, 9.17) is 5.11 Å². The lowest BCUT2D eigenvalue weighted by atomic mass is 10.3. The predicted molar refractivity (Wildman–Crippen MR) is 47.6 cm³/mol. The van der Waals surface area contributed by atoms with Gasteiger partial charge in [-0.15, -0.1) is 0 Å². The third kappa shape index (κ3) is 1.89. The number of nitrogens with zero attached hydrogens (tertiary/aromatic N) is 1. The summed E-state index contributed by atoms with van der Waals surface area (Å²) in [4.78, 5) is 3.99. The van der Waals surface area contributed by atoms with Gasteiger partial charge in [-0.3, -0.25) is 0 Å². The van der Waals surface area contributed by atoms with Crippen molar-refractivity contribution in [3.63, 3.8) is 0 Å². The minimum Gasteiger partial charge on any atom is -0.610 e. The summed E-state index contributed by atoms with van der Waals surface area (Å²) in [5.41, 5.74) is 0.523. The van der Waals surface area contributed by atoms with E-state index >= 15 is 0 Å². The maximum atomic E-state index is 11.2. The number of pyridine rings is 1. The van der Waals surface area contributed by atoms with Crippen molar-refractivity contribution >= 4 is 11.2 Å². The molecule has 1 heterocycles. The normalized spacial score (nSPS) is 12.9. The molecule has 1 aromatic heterocycles. The zero-order valence-electron chi connectivity index (χ0n) is 7.07. The molecule has 0 aliphatic rings. The number of rotatable bonds is 2. The Hall–Kier alpha value is -0.740. The van der Waals surface area contributed by atoms with Crippen LogP contribution in [0.25, 0.3) is 0 Å². The fraction of sp³-hybridized carbons (Fsp3) is 0.375. The van der Waals surface area contributed by atoms with Crippen molar-refractivity contribution in [1.29, 1.82) is 0 Å². The summed E-state index contributed by atoms with van der Waals surface area (Å²) in [6.45, 7) is 3.52. The Kier molecular flexibility index (Phi) is 2.94. The highest BCUT2D eigenvalue weighted by molar-refractivity contribution is 7.91. The molecule has 3 nitrogen and oxygen atoms in total. The second kappa shape index (κ2) is 3.78. The molecule has 0 bridgehead atoms. The van der Waals surface area contributed by atoms with E-state index in [1.54, 1.807) is 13.0 Å². The van der Waals surface area contributed by atoms with Gasteiger partial charge in [0, 0.05) is 17.2 Å². The molecule has 12 heavy (non-hydrogen) atoms. The highest BCUT2D eigenvalue weighted by Gasteiger charge is 2.10. The Balaban J connectivity index is 2.96.